The predicted molar refractivity (Wildman–Crippen MR) is 124 cm³/mol. The second-order valence-electron chi connectivity index (χ2n) is 9.43. The molecule has 0 saturated heterocycles. The SMILES string of the molecule is CC(C)(C)OC(=O)NC[C@@H]1[C@@H](Br)[C@H]([Se]c2ccccc2)[C@@H]1CNC(=O)OC(C)(C)C. The van der Waals surface area contributed by atoms with Crippen LogP contribution < -0.4 is 15.1 Å². The first-order valence-corrected chi connectivity index (χ1v) is 12.9. The molecule has 0 aliphatic heterocycles. The summed E-state index contributed by atoms with van der Waals surface area (Å²) in [6.45, 7) is 12.1. The van der Waals surface area contributed by atoms with Crippen LogP contribution in [0.4, 0.5) is 9.59 Å². The topological polar surface area (TPSA) is 76.7 Å². The molecule has 0 heterocycles. The van der Waals surface area contributed by atoms with Gasteiger partial charge >= 0.3 is 195 Å². The van der Waals surface area contributed by atoms with Crippen LogP contribution in [0.1, 0.15) is 41.5 Å². The molecule has 6 nitrogen and oxygen atoms in total. The number of hydrogen-bond donors (Lipinski definition) is 2. The van der Waals surface area contributed by atoms with Gasteiger partial charge in [-0.25, -0.2) is 0 Å². The zero-order valence-electron chi connectivity index (χ0n) is 18.5. The molecule has 1 aromatic carbocycles. The first-order valence-electron chi connectivity index (χ1n) is 10.2. The standard InChI is InChI=1S/C22H33BrN2O4Se/c1-21(2,3)28-19(26)24-12-15-16(13-25-20(27)29-22(4,5)6)18(17(15)23)30-14-10-8-7-9-11-14/h7-11,15-18H,12-13H2,1-6H3,(H,24,26)(H,25,27)/t15-,16+,17+,18+/m0/s1. The van der Waals surface area contributed by atoms with Crippen LogP contribution >= 0.6 is 15.9 Å². The van der Waals surface area contributed by atoms with Crippen molar-refractivity contribution < 1.29 is 19.1 Å². The zero-order valence-corrected chi connectivity index (χ0v) is 21.8. The number of alkyl halides is 1. The second-order valence-corrected chi connectivity index (χ2v) is 13.1. The van der Waals surface area contributed by atoms with Gasteiger partial charge in [0.05, 0.1) is 0 Å². The summed E-state index contributed by atoms with van der Waals surface area (Å²) in [6.07, 6.45) is -0.830. The Kier molecular flexibility index (Phi) is 8.66. The molecule has 1 saturated carbocycles. The summed E-state index contributed by atoms with van der Waals surface area (Å²) in [4.78, 5) is 24.9. The minimum atomic E-state index is -0.535. The Morgan fingerprint density at radius 3 is 1.83 bits per heavy atom. The second kappa shape index (κ2) is 10.4. The van der Waals surface area contributed by atoms with E-state index in [1.54, 1.807) is 0 Å². The van der Waals surface area contributed by atoms with E-state index in [0.717, 1.165) is 0 Å². The van der Waals surface area contributed by atoms with Crippen LogP contribution in [0.15, 0.2) is 30.3 Å². The van der Waals surface area contributed by atoms with Crippen molar-refractivity contribution in [1.29, 1.82) is 0 Å². The first kappa shape index (κ1) is 25.0. The molecule has 0 spiro atoms. The Bertz CT molecular complexity index is 718. The van der Waals surface area contributed by atoms with E-state index in [4.69, 9.17) is 9.47 Å². The van der Waals surface area contributed by atoms with Crippen LogP contribution in [0.25, 0.3) is 0 Å². The first-order chi connectivity index (χ1) is 13.9. The Morgan fingerprint density at radius 2 is 1.37 bits per heavy atom. The molecule has 30 heavy (non-hydrogen) atoms. The quantitative estimate of drug-likeness (QED) is 0.419. The van der Waals surface area contributed by atoms with E-state index in [9.17, 15) is 9.59 Å². The third kappa shape index (κ3) is 8.12. The van der Waals surface area contributed by atoms with E-state index < -0.39 is 23.4 Å². The van der Waals surface area contributed by atoms with Crippen molar-refractivity contribution in [3.63, 3.8) is 0 Å². The molecule has 1 aliphatic rings. The number of carbonyl (C=O) groups is 2. The maximum absolute atomic E-state index is 12.1. The molecule has 2 N–H and O–H groups in total. The molecule has 0 unspecified atom stereocenters. The zero-order chi connectivity index (χ0) is 22.5. The van der Waals surface area contributed by atoms with Gasteiger partial charge in [-0.3, -0.25) is 0 Å². The van der Waals surface area contributed by atoms with E-state index in [1.807, 2.05) is 47.6 Å². The number of ether oxygens (including phenoxy) is 2. The van der Waals surface area contributed by atoms with Crippen LogP contribution in [-0.4, -0.2) is 56.3 Å². The molecule has 2 amide bonds. The van der Waals surface area contributed by atoms with Crippen LogP contribution in [0.5, 0.6) is 0 Å². The van der Waals surface area contributed by atoms with Crippen LogP contribution in [0.3, 0.4) is 0 Å². The number of nitrogens with one attached hydrogen (secondary N) is 2. The van der Waals surface area contributed by atoms with Gasteiger partial charge in [0.15, 0.2) is 0 Å². The summed E-state index contributed by atoms with van der Waals surface area (Å²) in [5, 5.41) is 5.80. The number of hydrogen-bond acceptors (Lipinski definition) is 4. The average molecular weight is 548 g/mol. The van der Waals surface area contributed by atoms with Gasteiger partial charge in [0.2, 0.25) is 0 Å². The fourth-order valence-corrected chi connectivity index (χ4v) is 7.72. The fourth-order valence-electron chi connectivity index (χ4n) is 3.18. The molecule has 1 aliphatic carbocycles. The number of rotatable bonds is 6. The van der Waals surface area contributed by atoms with Gasteiger partial charge in [-0.1, -0.05) is 0 Å². The van der Waals surface area contributed by atoms with Gasteiger partial charge in [-0.15, -0.1) is 0 Å². The van der Waals surface area contributed by atoms with E-state index in [1.165, 1.54) is 4.46 Å². The molecular formula is C22H33BrN2O4Se. The van der Waals surface area contributed by atoms with Crippen molar-refractivity contribution in [2.24, 2.45) is 11.8 Å². The van der Waals surface area contributed by atoms with E-state index in [2.05, 4.69) is 50.8 Å². The summed E-state index contributed by atoms with van der Waals surface area (Å²) in [5.41, 5.74) is -1.07. The van der Waals surface area contributed by atoms with Crippen molar-refractivity contribution in [1.82, 2.24) is 10.6 Å². The fraction of sp³-hybridized carbons (Fsp3) is 0.636. The van der Waals surface area contributed by atoms with Crippen LogP contribution in [-0.2, 0) is 9.47 Å². The van der Waals surface area contributed by atoms with E-state index in [0.29, 0.717) is 17.9 Å². The average Bonchev–Trinajstić information content (AvgIpc) is 2.60. The summed E-state index contributed by atoms with van der Waals surface area (Å²) < 4.78 is 12.1. The van der Waals surface area contributed by atoms with Crippen LogP contribution in [0.2, 0.25) is 4.82 Å². The Labute approximate surface area is 194 Å². The van der Waals surface area contributed by atoms with Gasteiger partial charge in [-0.05, 0) is 0 Å². The normalized spacial score (nSPS) is 23.8. The number of halogens is 1. The van der Waals surface area contributed by atoms with Crippen molar-refractivity contribution in [2.75, 3.05) is 13.1 Å². The third-order valence-corrected chi connectivity index (χ3v) is 9.57. The summed E-state index contributed by atoms with van der Waals surface area (Å²) in [7, 11) is 0. The molecule has 8 heteroatoms. The van der Waals surface area contributed by atoms with E-state index in [-0.39, 0.29) is 31.6 Å². The molecular weight excluding hydrogens is 515 g/mol. The Morgan fingerprint density at radius 1 is 0.900 bits per heavy atom. The Balaban J connectivity index is 1.99. The molecule has 2 rings (SSSR count). The monoisotopic (exact) mass is 548 g/mol. The van der Waals surface area contributed by atoms with Gasteiger partial charge in [0, 0.05) is 0 Å². The van der Waals surface area contributed by atoms with Gasteiger partial charge in [0.25, 0.3) is 0 Å². The summed E-state index contributed by atoms with van der Waals surface area (Å²) in [6, 6.07) is 10.4. The molecule has 168 valence electrons. The van der Waals surface area contributed by atoms with Crippen molar-refractivity contribution in [3.8, 4) is 0 Å². The van der Waals surface area contributed by atoms with Crippen molar-refractivity contribution >= 4 is 47.5 Å². The predicted octanol–water partition coefficient (Wildman–Crippen LogP) is 3.86. The number of benzene rings is 1. The third-order valence-electron chi connectivity index (χ3n) is 4.47. The molecule has 0 bridgehead atoms. The summed E-state index contributed by atoms with van der Waals surface area (Å²) >= 11 is 4.09. The van der Waals surface area contributed by atoms with Gasteiger partial charge in [-0.2, -0.15) is 0 Å². The molecule has 0 radical (unpaired) electrons. The number of carbonyl (C=O) groups excluding carboxylic acids is 2. The molecule has 4 atom stereocenters. The number of amides is 2. The molecule has 0 aromatic heterocycles. The van der Waals surface area contributed by atoms with Crippen LogP contribution in [0, 0.1) is 11.8 Å². The minimum absolute atomic E-state index is 0.197. The summed E-state index contributed by atoms with van der Waals surface area (Å²) in [5.74, 6) is 0.431. The maximum atomic E-state index is 12.1. The molecule has 1 fully saturated rings. The van der Waals surface area contributed by atoms with E-state index >= 15 is 0 Å². The van der Waals surface area contributed by atoms with Gasteiger partial charge in [0.1, 0.15) is 0 Å². The van der Waals surface area contributed by atoms with Crippen molar-refractivity contribution in [2.45, 2.75) is 62.4 Å². The van der Waals surface area contributed by atoms with Gasteiger partial charge < -0.3 is 0 Å². The number of alkyl carbamates (subject to hydrolysis) is 2. The Hall–Kier alpha value is -1.24. The molecule has 1 aromatic rings. The van der Waals surface area contributed by atoms with Crippen molar-refractivity contribution in [3.05, 3.63) is 30.3 Å².